The van der Waals surface area contributed by atoms with Gasteiger partial charge < -0.3 is 0 Å². The molecule has 1 aromatic heterocycles. The van der Waals surface area contributed by atoms with Crippen LogP contribution >= 0.6 is 0 Å². The number of aromatic nitrogens is 3. The van der Waals surface area contributed by atoms with Gasteiger partial charge in [-0.1, -0.05) is 11.1 Å². The maximum Gasteiger partial charge on any atom is 0.113 e. The lowest BCUT2D eigenvalue weighted by atomic mass is 10.2. The van der Waals surface area contributed by atoms with Crippen molar-refractivity contribution in [3.05, 3.63) is 23.8 Å². The minimum atomic E-state index is 0.366. The van der Waals surface area contributed by atoms with Crippen molar-refractivity contribution in [3.8, 4) is 18.4 Å². The van der Waals surface area contributed by atoms with Gasteiger partial charge in [0.25, 0.3) is 0 Å². The average Bonchev–Trinajstić information content (AvgIpc) is 2.61. The summed E-state index contributed by atoms with van der Waals surface area (Å²) in [6, 6.07) is 7.25. The summed E-state index contributed by atoms with van der Waals surface area (Å²) in [5, 5.41) is 16.5. The zero-order chi connectivity index (χ0) is 9.97. The predicted molar refractivity (Wildman–Crippen MR) is 51.1 cm³/mol. The van der Waals surface area contributed by atoms with Gasteiger partial charge in [-0.15, -0.1) is 11.5 Å². The molecule has 0 amide bonds. The first kappa shape index (κ1) is 8.28. The molecule has 0 fully saturated rings. The molecule has 1 aromatic carbocycles. The van der Waals surface area contributed by atoms with Crippen LogP contribution in [0.5, 0.6) is 0 Å². The Morgan fingerprint density at radius 3 is 3.07 bits per heavy atom. The Morgan fingerprint density at radius 1 is 1.50 bits per heavy atom. The van der Waals surface area contributed by atoms with E-state index >= 15 is 0 Å². The van der Waals surface area contributed by atoms with Crippen LogP contribution in [-0.2, 0) is 6.54 Å². The molecule has 14 heavy (non-hydrogen) atoms. The number of terminal acetylenes is 1. The third-order valence-corrected chi connectivity index (χ3v) is 1.88. The fourth-order valence-electron chi connectivity index (χ4n) is 1.24. The Labute approximate surface area is 80.8 Å². The second-order valence-corrected chi connectivity index (χ2v) is 2.77. The number of hydrogen-bond donors (Lipinski definition) is 0. The topological polar surface area (TPSA) is 54.5 Å². The molecule has 2 rings (SSSR count). The molecule has 0 N–H and O–H groups in total. The van der Waals surface area contributed by atoms with Gasteiger partial charge >= 0.3 is 0 Å². The van der Waals surface area contributed by atoms with Gasteiger partial charge in [-0.05, 0) is 18.2 Å². The standard InChI is InChI=1S/C10H6N4/c1-2-5-14-10-6-8(7-11)3-4-9(10)12-13-14/h1,3-4,6H,5H2. The number of fused-ring (bicyclic) bond motifs is 1. The van der Waals surface area contributed by atoms with E-state index in [1.807, 2.05) is 0 Å². The van der Waals surface area contributed by atoms with Crippen molar-refractivity contribution < 1.29 is 0 Å². The molecule has 4 heteroatoms. The van der Waals surface area contributed by atoms with E-state index in [1.165, 1.54) is 0 Å². The highest BCUT2D eigenvalue weighted by Crippen LogP contribution is 2.12. The summed E-state index contributed by atoms with van der Waals surface area (Å²) >= 11 is 0. The molecule has 0 saturated heterocycles. The predicted octanol–water partition coefficient (Wildman–Crippen LogP) is 0.936. The highest BCUT2D eigenvalue weighted by Gasteiger charge is 2.03. The molecule has 66 valence electrons. The summed E-state index contributed by atoms with van der Waals surface area (Å²) in [4.78, 5) is 0. The normalized spacial score (nSPS) is 9.57. The van der Waals surface area contributed by atoms with Crippen LogP contribution < -0.4 is 0 Å². The molecule has 0 radical (unpaired) electrons. The zero-order valence-corrected chi connectivity index (χ0v) is 7.31. The SMILES string of the molecule is C#CCn1nnc2ccc(C#N)cc21. The van der Waals surface area contributed by atoms with E-state index in [1.54, 1.807) is 22.9 Å². The number of nitriles is 1. The van der Waals surface area contributed by atoms with Gasteiger partial charge in [-0.3, -0.25) is 0 Å². The summed E-state index contributed by atoms with van der Waals surface area (Å²) in [5.41, 5.74) is 2.12. The van der Waals surface area contributed by atoms with Gasteiger partial charge in [-0.25, -0.2) is 4.68 Å². The third kappa shape index (κ3) is 1.19. The van der Waals surface area contributed by atoms with Crippen LogP contribution in [0, 0.1) is 23.7 Å². The third-order valence-electron chi connectivity index (χ3n) is 1.88. The lowest BCUT2D eigenvalue weighted by Gasteiger charge is -1.94. The van der Waals surface area contributed by atoms with Crippen molar-refractivity contribution in [2.75, 3.05) is 0 Å². The molecule has 0 unspecified atom stereocenters. The summed E-state index contributed by atoms with van der Waals surface area (Å²) in [5.74, 6) is 2.48. The Hall–Kier alpha value is -2.33. The zero-order valence-electron chi connectivity index (χ0n) is 7.31. The quantitative estimate of drug-likeness (QED) is 0.616. The largest absolute Gasteiger partial charge is 0.233 e. The van der Waals surface area contributed by atoms with Gasteiger partial charge in [0, 0.05) is 0 Å². The average molecular weight is 182 g/mol. The highest BCUT2D eigenvalue weighted by atomic mass is 15.4. The van der Waals surface area contributed by atoms with E-state index < -0.39 is 0 Å². The minimum Gasteiger partial charge on any atom is -0.233 e. The highest BCUT2D eigenvalue weighted by molar-refractivity contribution is 5.76. The summed E-state index contributed by atoms with van der Waals surface area (Å²) < 4.78 is 1.59. The maximum atomic E-state index is 8.71. The van der Waals surface area contributed by atoms with Crippen LogP contribution in [0.2, 0.25) is 0 Å². The van der Waals surface area contributed by atoms with Crippen molar-refractivity contribution in [2.45, 2.75) is 6.54 Å². The summed E-state index contributed by atoms with van der Waals surface area (Å²) in [7, 11) is 0. The molecule has 4 nitrogen and oxygen atoms in total. The lowest BCUT2D eigenvalue weighted by Crippen LogP contribution is -1.97. The molecule has 0 atom stereocenters. The Kier molecular flexibility index (Phi) is 1.89. The van der Waals surface area contributed by atoms with Crippen LogP contribution in [-0.4, -0.2) is 15.0 Å². The fourth-order valence-corrected chi connectivity index (χ4v) is 1.24. The summed E-state index contributed by atoms with van der Waals surface area (Å²) in [6.07, 6.45) is 5.18. The number of nitrogens with zero attached hydrogens (tertiary/aromatic N) is 4. The molecule has 0 spiro atoms. The summed E-state index contributed by atoms with van der Waals surface area (Å²) in [6.45, 7) is 0.366. The molecule has 0 aliphatic heterocycles. The second-order valence-electron chi connectivity index (χ2n) is 2.77. The first-order chi connectivity index (χ1) is 6.85. The van der Waals surface area contributed by atoms with Crippen molar-refractivity contribution >= 4 is 11.0 Å². The fraction of sp³-hybridized carbons (Fsp3) is 0.100. The first-order valence-electron chi connectivity index (χ1n) is 4.02. The van der Waals surface area contributed by atoms with Crippen LogP contribution in [0.4, 0.5) is 0 Å². The monoisotopic (exact) mass is 182 g/mol. The van der Waals surface area contributed by atoms with Crippen LogP contribution in [0.1, 0.15) is 5.56 Å². The molecule has 0 saturated carbocycles. The molecule has 2 aromatic rings. The van der Waals surface area contributed by atoms with Gasteiger partial charge in [0.1, 0.15) is 12.1 Å². The van der Waals surface area contributed by atoms with Gasteiger partial charge in [-0.2, -0.15) is 5.26 Å². The van der Waals surface area contributed by atoms with Crippen molar-refractivity contribution in [2.24, 2.45) is 0 Å². The molecule has 0 aliphatic carbocycles. The minimum absolute atomic E-state index is 0.366. The van der Waals surface area contributed by atoms with Crippen molar-refractivity contribution in [1.82, 2.24) is 15.0 Å². The van der Waals surface area contributed by atoms with Gasteiger partial charge in [0.15, 0.2) is 0 Å². The van der Waals surface area contributed by atoms with E-state index in [4.69, 9.17) is 11.7 Å². The lowest BCUT2D eigenvalue weighted by molar-refractivity contribution is 0.694. The van der Waals surface area contributed by atoms with E-state index in [-0.39, 0.29) is 0 Å². The number of rotatable bonds is 1. The first-order valence-corrected chi connectivity index (χ1v) is 4.02. The van der Waals surface area contributed by atoms with Gasteiger partial charge in [0.05, 0.1) is 17.1 Å². The molecular formula is C10H6N4. The maximum absolute atomic E-state index is 8.71. The van der Waals surface area contributed by atoms with Gasteiger partial charge in [0.2, 0.25) is 0 Å². The smallest absolute Gasteiger partial charge is 0.113 e. The Morgan fingerprint density at radius 2 is 2.36 bits per heavy atom. The van der Waals surface area contributed by atoms with E-state index in [9.17, 15) is 0 Å². The number of hydrogen-bond acceptors (Lipinski definition) is 3. The number of benzene rings is 1. The molecular weight excluding hydrogens is 176 g/mol. The second kappa shape index (κ2) is 3.20. The van der Waals surface area contributed by atoms with Crippen molar-refractivity contribution in [3.63, 3.8) is 0 Å². The van der Waals surface area contributed by atoms with Crippen LogP contribution in [0.25, 0.3) is 11.0 Å². The Bertz CT molecular complexity index is 553. The van der Waals surface area contributed by atoms with Crippen LogP contribution in [0.3, 0.4) is 0 Å². The van der Waals surface area contributed by atoms with Crippen molar-refractivity contribution in [1.29, 1.82) is 5.26 Å². The molecule has 1 heterocycles. The molecule has 0 aliphatic rings. The van der Waals surface area contributed by atoms with E-state index in [0.29, 0.717) is 12.1 Å². The van der Waals surface area contributed by atoms with Crippen LogP contribution in [0.15, 0.2) is 18.2 Å². The molecule has 0 bridgehead atoms. The Balaban J connectivity index is 2.66. The van der Waals surface area contributed by atoms with E-state index in [0.717, 1.165) is 11.0 Å². The van der Waals surface area contributed by atoms with E-state index in [2.05, 4.69) is 22.3 Å².